The van der Waals surface area contributed by atoms with Crippen molar-refractivity contribution in [3.05, 3.63) is 29.2 Å². The van der Waals surface area contributed by atoms with E-state index >= 15 is 0 Å². The van der Waals surface area contributed by atoms with Crippen LogP contribution in [0.15, 0.2) is 23.6 Å². The van der Waals surface area contributed by atoms with Crippen LogP contribution in [-0.4, -0.2) is 40.9 Å². The summed E-state index contributed by atoms with van der Waals surface area (Å²) in [5, 5.41) is 14.4. The van der Waals surface area contributed by atoms with E-state index in [0.717, 1.165) is 32.4 Å². The molecule has 0 unspecified atom stereocenters. The molecule has 2 aliphatic rings. The number of carboxylic acid groups (broad SMARTS) is 1. The second-order valence-corrected chi connectivity index (χ2v) is 7.42. The van der Waals surface area contributed by atoms with Crippen LogP contribution in [0.4, 0.5) is 5.00 Å². The highest BCUT2D eigenvalue weighted by atomic mass is 32.1. The second-order valence-electron chi connectivity index (χ2n) is 6.50. The topological polar surface area (TPSA) is 86.7 Å². The Morgan fingerprint density at radius 2 is 1.76 bits per heavy atom. The first-order chi connectivity index (χ1) is 12.1. The van der Waals surface area contributed by atoms with Gasteiger partial charge in [0.05, 0.1) is 17.4 Å². The molecule has 2 amide bonds. The summed E-state index contributed by atoms with van der Waals surface area (Å²) < 4.78 is 0. The van der Waals surface area contributed by atoms with Crippen molar-refractivity contribution in [2.24, 2.45) is 11.8 Å². The molecule has 2 N–H and O–H groups in total. The molecular formula is C18H22N2O4S. The van der Waals surface area contributed by atoms with E-state index in [9.17, 15) is 19.5 Å². The number of nitrogens with one attached hydrogen (secondary N) is 1. The number of thiophene rings is 1. The summed E-state index contributed by atoms with van der Waals surface area (Å²) >= 11 is 1.30. The Kier molecular flexibility index (Phi) is 5.53. The summed E-state index contributed by atoms with van der Waals surface area (Å²) in [7, 11) is 0. The van der Waals surface area contributed by atoms with Crippen LogP contribution in [0.1, 0.15) is 42.5 Å². The molecule has 0 radical (unpaired) electrons. The summed E-state index contributed by atoms with van der Waals surface area (Å²) in [6, 6.07) is 1.73. The fourth-order valence-corrected chi connectivity index (χ4v) is 4.21. The Morgan fingerprint density at radius 3 is 2.44 bits per heavy atom. The average molecular weight is 362 g/mol. The zero-order valence-corrected chi connectivity index (χ0v) is 14.8. The third-order valence-corrected chi connectivity index (χ3v) is 5.69. The van der Waals surface area contributed by atoms with Crippen LogP contribution in [0.2, 0.25) is 0 Å². The number of aliphatic carboxylic acids is 1. The van der Waals surface area contributed by atoms with Crippen molar-refractivity contribution < 1.29 is 19.5 Å². The minimum atomic E-state index is -0.958. The van der Waals surface area contributed by atoms with Gasteiger partial charge in [-0.3, -0.25) is 14.4 Å². The van der Waals surface area contributed by atoms with Gasteiger partial charge in [-0.15, -0.1) is 11.3 Å². The number of carboxylic acids is 1. The number of anilines is 1. The van der Waals surface area contributed by atoms with E-state index in [1.165, 1.54) is 11.3 Å². The molecule has 1 fully saturated rings. The molecule has 1 aromatic heterocycles. The van der Waals surface area contributed by atoms with Gasteiger partial charge in [-0.1, -0.05) is 12.2 Å². The van der Waals surface area contributed by atoms with Gasteiger partial charge in [-0.05, 0) is 43.6 Å². The van der Waals surface area contributed by atoms with Gasteiger partial charge in [0.25, 0.3) is 5.91 Å². The maximum absolute atomic E-state index is 12.7. The minimum Gasteiger partial charge on any atom is -0.481 e. The van der Waals surface area contributed by atoms with Gasteiger partial charge in [-0.25, -0.2) is 0 Å². The number of amides is 2. The van der Waals surface area contributed by atoms with Crippen molar-refractivity contribution >= 4 is 34.1 Å². The van der Waals surface area contributed by atoms with Gasteiger partial charge in [-0.2, -0.15) is 0 Å². The zero-order chi connectivity index (χ0) is 17.8. The third-order valence-electron chi connectivity index (χ3n) is 4.86. The molecule has 3 rings (SSSR count). The van der Waals surface area contributed by atoms with Crippen LogP contribution >= 0.6 is 11.3 Å². The fraction of sp³-hybridized carbons (Fsp3) is 0.500. The quantitative estimate of drug-likeness (QED) is 0.806. The van der Waals surface area contributed by atoms with E-state index in [4.69, 9.17) is 0 Å². The lowest BCUT2D eigenvalue weighted by Gasteiger charge is -2.27. The highest BCUT2D eigenvalue weighted by molar-refractivity contribution is 7.14. The summed E-state index contributed by atoms with van der Waals surface area (Å²) in [4.78, 5) is 38.5. The van der Waals surface area contributed by atoms with Crippen molar-refractivity contribution in [2.75, 3.05) is 18.4 Å². The first-order valence-corrected chi connectivity index (χ1v) is 9.51. The number of carbonyl (C=O) groups excluding carboxylic acids is 2. The fourth-order valence-electron chi connectivity index (χ4n) is 3.42. The number of carbonyl (C=O) groups is 3. The van der Waals surface area contributed by atoms with Crippen molar-refractivity contribution in [1.29, 1.82) is 0 Å². The Morgan fingerprint density at radius 1 is 1.08 bits per heavy atom. The summed E-state index contributed by atoms with van der Waals surface area (Å²) in [6.07, 6.45) is 7.57. The molecule has 0 saturated carbocycles. The van der Waals surface area contributed by atoms with Crippen molar-refractivity contribution in [3.8, 4) is 0 Å². The smallest absolute Gasteiger partial charge is 0.307 e. The molecule has 1 aliphatic carbocycles. The Balaban J connectivity index is 1.72. The number of likely N-dealkylation sites (tertiary alicyclic amines) is 1. The lowest BCUT2D eigenvalue weighted by Crippen LogP contribution is -2.37. The van der Waals surface area contributed by atoms with Crippen LogP contribution in [0.5, 0.6) is 0 Å². The molecule has 0 spiro atoms. The number of piperidine rings is 1. The van der Waals surface area contributed by atoms with Gasteiger partial charge in [0.1, 0.15) is 5.00 Å². The van der Waals surface area contributed by atoms with E-state index < -0.39 is 17.8 Å². The molecule has 2 atom stereocenters. The predicted molar refractivity (Wildman–Crippen MR) is 95.7 cm³/mol. The largest absolute Gasteiger partial charge is 0.481 e. The van der Waals surface area contributed by atoms with E-state index in [1.807, 2.05) is 11.0 Å². The van der Waals surface area contributed by atoms with E-state index in [-0.39, 0.29) is 11.8 Å². The molecule has 7 heteroatoms. The number of hydrogen-bond donors (Lipinski definition) is 2. The third kappa shape index (κ3) is 3.92. The van der Waals surface area contributed by atoms with Gasteiger partial charge < -0.3 is 15.3 Å². The Hall–Kier alpha value is -2.15. The van der Waals surface area contributed by atoms with Gasteiger partial charge in [0, 0.05) is 13.1 Å². The molecule has 2 heterocycles. The highest BCUT2D eigenvalue weighted by Gasteiger charge is 2.34. The van der Waals surface area contributed by atoms with Crippen LogP contribution in [0.25, 0.3) is 0 Å². The van der Waals surface area contributed by atoms with Crippen LogP contribution < -0.4 is 5.32 Å². The number of hydrogen-bond acceptors (Lipinski definition) is 4. The summed E-state index contributed by atoms with van der Waals surface area (Å²) in [6.45, 7) is 1.49. The lowest BCUT2D eigenvalue weighted by molar-refractivity contribution is -0.146. The predicted octanol–water partition coefficient (Wildman–Crippen LogP) is 2.98. The monoisotopic (exact) mass is 362 g/mol. The Bertz CT molecular complexity index is 691. The second kappa shape index (κ2) is 7.82. The molecule has 0 bridgehead atoms. The van der Waals surface area contributed by atoms with Crippen LogP contribution in [-0.2, 0) is 9.59 Å². The van der Waals surface area contributed by atoms with E-state index in [2.05, 4.69) is 5.32 Å². The number of rotatable bonds is 4. The van der Waals surface area contributed by atoms with E-state index in [1.54, 1.807) is 17.5 Å². The van der Waals surface area contributed by atoms with Gasteiger partial charge in [0.15, 0.2) is 0 Å². The zero-order valence-electron chi connectivity index (χ0n) is 13.9. The molecule has 1 saturated heterocycles. The standard InChI is InChI=1S/C18H22N2O4S/c21-15(12-6-2-3-7-13(12)18(23)24)19-16-14(8-11-25-16)17(22)20-9-4-1-5-10-20/h2-3,8,11-13H,1,4-7,9-10H2,(H,19,21)(H,23,24)/t12-,13+/m1/s1. The molecule has 134 valence electrons. The summed E-state index contributed by atoms with van der Waals surface area (Å²) in [5.74, 6) is -2.67. The highest BCUT2D eigenvalue weighted by Crippen LogP contribution is 2.30. The number of allylic oxidation sites excluding steroid dienone is 2. The van der Waals surface area contributed by atoms with Crippen molar-refractivity contribution in [1.82, 2.24) is 4.90 Å². The first-order valence-electron chi connectivity index (χ1n) is 8.63. The molecular weight excluding hydrogens is 340 g/mol. The maximum atomic E-state index is 12.7. The van der Waals surface area contributed by atoms with Gasteiger partial charge in [0.2, 0.25) is 5.91 Å². The number of nitrogens with zero attached hydrogens (tertiary/aromatic N) is 1. The molecule has 25 heavy (non-hydrogen) atoms. The molecule has 1 aromatic rings. The van der Waals surface area contributed by atoms with Crippen LogP contribution in [0.3, 0.4) is 0 Å². The maximum Gasteiger partial charge on any atom is 0.307 e. The first kappa shape index (κ1) is 17.7. The minimum absolute atomic E-state index is 0.0606. The summed E-state index contributed by atoms with van der Waals surface area (Å²) in [5.41, 5.74) is 0.499. The lowest BCUT2D eigenvalue weighted by atomic mass is 9.82. The molecule has 6 nitrogen and oxygen atoms in total. The SMILES string of the molecule is O=C(O)[C@H]1CC=CC[C@H]1C(=O)Nc1sccc1C(=O)N1CCCCC1. The van der Waals surface area contributed by atoms with E-state index in [0.29, 0.717) is 23.4 Å². The normalized spacial score (nSPS) is 23.3. The molecule has 1 aliphatic heterocycles. The molecule has 0 aromatic carbocycles. The van der Waals surface area contributed by atoms with Crippen molar-refractivity contribution in [2.45, 2.75) is 32.1 Å². The average Bonchev–Trinajstić information content (AvgIpc) is 3.09. The van der Waals surface area contributed by atoms with Crippen LogP contribution in [0, 0.1) is 11.8 Å². The Labute approximate surface area is 150 Å². The van der Waals surface area contributed by atoms with Gasteiger partial charge >= 0.3 is 5.97 Å². The van der Waals surface area contributed by atoms with Crippen molar-refractivity contribution in [3.63, 3.8) is 0 Å².